The molecule has 126 heavy (non-hydrogen) atoms. The van der Waals surface area contributed by atoms with Crippen molar-refractivity contribution in [1.82, 2.24) is 91.2 Å². The number of likely N-dealkylation sites (N-methyl/N-ethyl adjacent to an activating group) is 6. The van der Waals surface area contributed by atoms with Crippen molar-refractivity contribution < 1.29 is 115 Å². The Kier molecular flexibility index (Phi) is 17.9. The second-order valence-corrected chi connectivity index (χ2v) is 30.9. The number of hydrogen-bond donors (Lipinski definition) is 12. The molecule has 0 radical (unpaired) electrons. The first-order valence-corrected chi connectivity index (χ1v) is 40.2. The molecule has 0 bridgehead atoms. The number of rotatable bonds is 30. The molecule has 6 aromatic heterocycles. The summed E-state index contributed by atoms with van der Waals surface area (Å²) in [6.45, 7) is -24.7. The van der Waals surface area contributed by atoms with E-state index in [0.717, 1.165) is 83.2 Å². The summed E-state index contributed by atoms with van der Waals surface area (Å²) in [5.74, 6) is 0. The molecule has 30 heteroatoms. The summed E-state index contributed by atoms with van der Waals surface area (Å²) in [6, 6.07) is 29.3. The Bertz CT molecular complexity index is 7670. The van der Waals surface area contributed by atoms with Crippen LogP contribution < -0.4 is 31.9 Å². The van der Waals surface area contributed by atoms with Crippen molar-refractivity contribution >= 4 is 102 Å². The summed E-state index contributed by atoms with van der Waals surface area (Å²) >= 11 is 0. The van der Waals surface area contributed by atoms with Crippen LogP contribution in [0.1, 0.15) is 116 Å². The third kappa shape index (κ3) is 26.5. The van der Waals surface area contributed by atoms with E-state index in [0.29, 0.717) is 122 Å². The van der Waals surface area contributed by atoms with Gasteiger partial charge in [-0.05, 0) is 301 Å². The van der Waals surface area contributed by atoms with E-state index in [2.05, 4.69) is 35.8 Å². The quantitative estimate of drug-likeness (QED) is 0.0186. The predicted octanol–water partition coefficient (Wildman–Crippen LogP) is 11.5. The van der Waals surface area contributed by atoms with E-state index in [1.54, 1.807) is 66.7 Å². The molecule has 0 unspecified atom stereocenters. The molecule has 12 N–H and O–H groups in total. The maximum Gasteiger partial charge on any atom is 0.407 e. The topological polar surface area (TPSA) is 344 Å². The SMILES string of the molecule is [2H]c1[nH]c2ccc(C[C@H]3COC(=O)N3)cc2c1C([2H])([2H])C([2H])([2H])N(C([2H])([2H])[2H])C([2H])([2H])[2H].[2H]c1[nH]c2ccc(C[C@H]3COC(=O)N3)cc2c1C([2H])([2H])C([2H])([2H])N(C)C.[2H]c1[nH]c2ccc(C[C@H]3COC(=O)N3)cc2c1C([2H])([2H])C([2H])([2H])N(C)C([2H])([2H])[2H].[2H]c1c(CCN(C([2H])([2H])[2H])C([2H])([2H])[2H])c2cc(C[C@H]3COC(=O)N3[2H])ccc2n1[2H].[2H]c1c(CCN(C)C([2H])([2H])[2H])c2cc(C[C@H]3COC(=O)N3[2H])ccc2n1[2H].[2H]c1c(CCN(C)C)c2cc(C[C@H]3COC(=O)N3[2H])ccc2n1[2H]. The Morgan fingerprint density at radius 1 is 0.310 bits per heavy atom. The fourth-order valence-electron chi connectivity index (χ4n) is 14.3. The number of H-pyrrole nitrogens is 6. The lowest BCUT2D eigenvalue weighted by atomic mass is 10.0. The number of carbonyl (C=O) groups is 6. The van der Waals surface area contributed by atoms with Gasteiger partial charge >= 0.3 is 36.6 Å². The van der Waals surface area contributed by atoms with Crippen LogP contribution in [0.3, 0.4) is 0 Å². The van der Waals surface area contributed by atoms with Gasteiger partial charge in [-0.15, -0.1) is 0 Å². The normalized spacial score (nSPS) is 24.6. The molecule has 6 aromatic carbocycles. The first-order chi connectivity index (χ1) is 77.5. The number of nitrogens with one attached hydrogen (secondary N) is 12. The van der Waals surface area contributed by atoms with Gasteiger partial charge in [0.25, 0.3) is 0 Å². The van der Waals surface area contributed by atoms with Crippen molar-refractivity contribution in [3.8, 4) is 0 Å². The summed E-state index contributed by atoms with van der Waals surface area (Å²) in [7, 11) is 9.37. The summed E-state index contributed by atoms with van der Waals surface area (Å²) in [5, 5.41) is 13.4. The van der Waals surface area contributed by atoms with Gasteiger partial charge in [0.05, 0.1) is 44.5 Å². The van der Waals surface area contributed by atoms with Crippen LogP contribution in [0, 0.1) is 0 Å². The highest BCUT2D eigenvalue weighted by Crippen LogP contribution is 2.29. The van der Waals surface area contributed by atoms with E-state index in [4.69, 9.17) is 86.2 Å². The predicted molar refractivity (Wildman–Crippen MR) is 495 cm³/mol. The zero-order valence-corrected chi connectivity index (χ0v) is 69.8. The molecule has 30 nitrogen and oxygen atoms in total. The first-order valence-electron chi connectivity index (χ1n) is 60.9. The number of amides is 6. The monoisotopic (exact) mass is 1770 g/mol. The van der Waals surface area contributed by atoms with Crippen LogP contribution in [0.25, 0.3) is 65.4 Å². The van der Waals surface area contributed by atoms with Gasteiger partial charge in [0.15, 0.2) is 8.47 Å². The van der Waals surface area contributed by atoms with E-state index < -0.39 is 140 Å². The fraction of sp³-hybridized carbons (Fsp3) is 0.438. The van der Waals surface area contributed by atoms with Gasteiger partial charge in [-0.2, -0.15) is 0 Å². The number of cyclic esters (lactones) is 6. The number of fused-ring (bicyclic) bond motifs is 6. The molecule has 0 saturated carbocycles. The van der Waals surface area contributed by atoms with E-state index in [-0.39, 0.29) is 148 Å². The maximum atomic E-state index is 11.4. The van der Waals surface area contributed by atoms with E-state index in [1.807, 2.05) is 50.5 Å². The second-order valence-electron chi connectivity index (χ2n) is 30.9. The Balaban J connectivity index is 0.000000166. The largest absolute Gasteiger partial charge is 0.447 e. The van der Waals surface area contributed by atoms with E-state index in [1.165, 1.54) is 37.0 Å². The molecule has 6 atom stereocenters. The van der Waals surface area contributed by atoms with Gasteiger partial charge in [-0.1, -0.05) is 36.4 Å². The van der Waals surface area contributed by atoms with Crippen molar-refractivity contribution in [3.05, 3.63) is 213 Å². The number of ether oxygens (including phenoxy) is 6. The van der Waals surface area contributed by atoms with Crippen LogP contribution in [0.5, 0.6) is 0 Å². The Morgan fingerprint density at radius 2 is 0.571 bits per heavy atom. The zero-order chi connectivity index (χ0) is 125. The van der Waals surface area contributed by atoms with Gasteiger partial charge < -0.3 is 120 Å². The highest BCUT2D eigenvalue weighted by molar-refractivity contribution is 5.88. The molecule has 12 aromatic rings. The van der Waals surface area contributed by atoms with Crippen molar-refractivity contribution in [2.45, 2.75) is 113 Å². The average Bonchev–Trinajstić information content (AvgIpc) is 1.70. The molecule has 672 valence electrons. The van der Waals surface area contributed by atoms with Crippen LogP contribution >= 0.6 is 0 Å². The first kappa shape index (κ1) is 51.5. The highest BCUT2D eigenvalue weighted by Gasteiger charge is 2.29. The molecule has 0 aliphatic carbocycles. The van der Waals surface area contributed by atoms with Crippen LogP contribution in [0.4, 0.5) is 28.8 Å². The Hall–Kier alpha value is -12.1. The minimum absolute atomic E-state index is 0.0141. The number of benzene rings is 6. The van der Waals surface area contributed by atoms with Gasteiger partial charge in [0.1, 0.15) is 39.6 Å². The van der Waals surface area contributed by atoms with Crippen molar-refractivity contribution in [3.63, 3.8) is 0 Å². The smallest absolute Gasteiger partial charge is 0.407 e. The van der Waals surface area contributed by atoms with Crippen molar-refractivity contribution in [2.24, 2.45) is 0 Å². The number of aromatic amines is 6. The van der Waals surface area contributed by atoms with Crippen LogP contribution in [-0.4, -0.2) is 295 Å². The van der Waals surface area contributed by atoms with E-state index >= 15 is 0 Å². The third-order valence-corrected chi connectivity index (χ3v) is 20.4. The zero-order valence-electron chi connectivity index (χ0n) is 112. The molecular formula is C96H126N18O12. The summed E-state index contributed by atoms with van der Waals surface area (Å²) in [5.41, 5.74) is 8.80. The number of aromatic nitrogens is 6. The minimum Gasteiger partial charge on any atom is -0.447 e. The van der Waals surface area contributed by atoms with Crippen molar-refractivity contribution in [1.29, 1.82) is 0 Å². The molecule has 6 fully saturated rings. The van der Waals surface area contributed by atoms with Gasteiger partial charge in [-0.3, -0.25) is 0 Å². The molecule has 6 saturated heterocycles. The lowest BCUT2D eigenvalue weighted by Gasteiger charge is -2.09. The van der Waals surface area contributed by atoms with Crippen molar-refractivity contribution in [2.75, 3.05) is 163 Å². The maximum absolute atomic E-state index is 11.4. The third-order valence-electron chi connectivity index (χ3n) is 20.4. The summed E-state index contributed by atoms with van der Waals surface area (Å²) < 4.78 is 360. The Labute approximate surface area is 795 Å². The van der Waals surface area contributed by atoms with Gasteiger partial charge in [-0.25, -0.2) is 28.8 Å². The average molecular weight is 1770 g/mol. The minimum atomic E-state index is -3.54. The number of alkyl carbamates (subject to hydrolysis) is 6. The summed E-state index contributed by atoms with van der Waals surface area (Å²) in [4.78, 5) is 83.6. The fourth-order valence-corrected chi connectivity index (χ4v) is 14.3. The van der Waals surface area contributed by atoms with Gasteiger partial charge in [0.2, 0.25) is 0 Å². The number of hydrogen-bond acceptors (Lipinski definition) is 18. The highest BCUT2D eigenvalue weighted by atomic mass is 16.6. The summed E-state index contributed by atoms with van der Waals surface area (Å²) in [6.07, 6.45) is -9.38. The molecule has 6 aliphatic heterocycles. The molecule has 6 amide bonds. The number of nitrogens with zero attached hydrogens (tertiary/aromatic N) is 6. The molecule has 12 heterocycles. The number of aryl methyl sites for hydroxylation is 3. The van der Waals surface area contributed by atoms with Crippen LogP contribution in [0.15, 0.2) is 146 Å². The molecule has 18 rings (SSSR count). The van der Waals surface area contributed by atoms with Gasteiger partial charge in [0, 0.05) is 183 Å². The Morgan fingerprint density at radius 3 is 0.849 bits per heavy atom. The lowest BCUT2D eigenvalue weighted by molar-refractivity contribution is 0.176. The van der Waals surface area contributed by atoms with Crippen LogP contribution in [-0.2, 0) is 105 Å². The standard InChI is InChI=1S/6C16H21N3O2/c6*1-19(2)6-5-12-9-17-15-4-3-11(8-14(12)15)7-13-10-21-16(20)18-13/h6*3-4,8-9,13,17H,5-7,10H2,1-2H3,(H,18,20)/t6*13-/m000000/s1/i1D3,2D3,5D2,6D2,9D;1D3,5D2,6D2,9D;5D2,6D2,9D;1D3,2D3,9D;1D3,9D;9D/hD6. The molecular weight excluding hydrogens is 1600 g/mol. The van der Waals surface area contributed by atoms with E-state index in [9.17, 15) is 28.8 Å². The molecule has 6 aliphatic rings. The van der Waals surface area contributed by atoms with Crippen LogP contribution in [0.2, 0.25) is 8.47 Å². The lowest BCUT2D eigenvalue weighted by Crippen LogP contribution is -2.28. The molecule has 0 spiro atoms. The second kappa shape index (κ2) is 43.7. The number of carbonyl (C=O) groups excluding carboxylic acids is 6.